The Labute approximate surface area is 156 Å². The van der Waals surface area contributed by atoms with E-state index in [-0.39, 0.29) is 18.4 Å². The number of benzene rings is 2. The molecule has 0 spiro atoms. The van der Waals surface area contributed by atoms with Gasteiger partial charge in [-0.25, -0.2) is 0 Å². The molecule has 5 heteroatoms. The second-order valence-corrected chi connectivity index (χ2v) is 6.75. The van der Waals surface area contributed by atoms with Crippen molar-refractivity contribution in [2.24, 2.45) is 0 Å². The summed E-state index contributed by atoms with van der Waals surface area (Å²) in [6, 6.07) is 11.6. The average Bonchev–Trinajstić information content (AvgIpc) is 2.55. The quantitative estimate of drug-likeness (QED) is 0.740. The Hall–Kier alpha value is -2.40. The number of halogens is 1. The van der Waals surface area contributed by atoms with Crippen molar-refractivity contribution in [1.82, 2.24) is 5.32 Å². The minimum absolute atomic E-state index is 0.0775. The molecule has 0 aliphatic carbocycles. The lowest BCUT2D eigenvalue weighted by molar-refractivity contribution is -0.121. The lowest BCUT2D eigenvalue weighted by Gasteiger charge is -2.13. The topological polar surface area (TPSA) is 58.2 Å². The Kier molecular flexibility index (Phi) is 6.53. The molecule has 0 aromatic heterocycles. The third-order valence-corrected chi connectivity index (χ3v) is 4.41. The Balaban J connectivity index is 1.90. The molecule has 0 aliphatic rings. The molecule has 0 saturated carbocycles. The fraction of sp³-hybridized carbons (Fsp3) is 0.200. The van der Waals surface area contributed by atoms with Crippen molar-refractivity contribution >= 4 is 39.5 Å². The largest absolute Gasteiger partial charge is 0.343 e. The van der Waals surface area contributed by atoms with Gasteiger partial charge in [-0.1, -0.05) is 51.8 Å². The molecule has 0 saturated heterocycles. The summed E-state index contributed by atoms with van der Waals surface area (Å²) in [7, 11) is 0. The van der Waals surface area contributed by atoms with Crippen molar-refractivity contribution in [3.8, 4) is 0 Å². The van der Waals surface area contributed by atoms with Gasteiger partial charge >= 0.3 is 0 Å². The maximum Gasteiger partial charge on any atom is 0.244 e. The zero-order chi connectivity index (χ0) is 18.4. The summed E-state index contributed by atoms with van der Waals surface area (Å²) in [5, 5.41) is 5.45. The molecule has 2 N–H and O–H groups in total. The van der Waals surface area contributed by atoms with Crippen molar-refractivity contribution in [3.05, 3.63) is 69.2 Å². The second-order valence-electron chi connectivity index (χ2n) is 5.89. The van der Waals surface area contributed by atoms with Crippen LogP contribution in [-0.2, 0) is 9.59 Å². The van der Waals surface area contributed by atoms with Gasteiger partial charge in [0.1, 0.15) is 0 Å². The molecule has 0 unspecified atom stereocenters. The van der Waals surface area contributed by atoms with Crippen molar-refractivity contribution in [2.45, 2.75) is 20.8 Å². The van der Waals surface area contributed by atoms with E-state index in [1.165, 1.54) is 6.08 Å². The lowest BCUT2D eigenvalue weighted by Crippen LogP contribution is -2.32. The SMILES string of the molecule is Cc1cc(C)c(NC(=O)CNC(=O)/C=C/c2ccccc2Br)c(C)c1. The number of rotatable bonds is 5. The summed E-state index contributed by atoms with van der Waals surface area (Å²) >= 11 is 3.42. The van der Waals surface area contributed by atoms with Crippen LogP contribution in [0.2, 0.25) is 0 Å². The highest BCUT2D eigenvalue weighted by Gasteiger charge is 2.09. The standard InChI is InChI=1S/C20H21BrN2O2/c1-13-10-14(2)20(15(3)11-13)23-19(25)12-22-18(24)9-8-16-6-4-5-7-17(16)21/h4-11H,12H2,1-3H3,(H,22,24)(H,23,25)/b9-8+. The second kappa shape index (κ2) is 8.62. The molecule has 0 radical (unpaired) electrons. The molecule has 0 fully saturated rings. The molecule has 2 amide bonds. The van der Waals surface area contributed by atoms with Crippen LogP contribution in [0.3, 0.4) is 0 Å². The molecule has 0 heterocycles. The van der Waals surface area contributed by atoms with Gasteiger partial charge in [0, 0.05) is 16.2 Å². The maximum absolute atomic E-state index is 12.1. The molecule has 2 aromatic rings. The Bertz CT molecular complexity index is 805. The molecule has 0 atom stereocenters. The van der Waals surface area contributed by atoms with Gasteiger partial charge < -0.3 is 10.6 Å². The predicted octanol–water partition coefficient (Wildman–Crippen LogP) is 4.14. The van der Waals surface area contributed by atoms with Crippen molar-refractivity contribution in [2.75, 3.05) is 11.9 Å². The summed E-state index contributed by atoms with van der Waals surface area (Å²) in [5.74, 6) is -0.569. The molecular formula is C20H21BrN2O2. The summed E-state index contributed by atoms with van der Waals surface area (Å²) in [4.78, 5) is 23.9. The number of aryl methyl sites for hydroxylation is 3. The number of anilines is 1. The van der Waals surface area contributed by atoms with Gasteiger partial charge in [-0.15, -0.1) is 0 Å². The van der Waals surface area contributed by atoms with Crippen LogP contribution in [0, 0.1) is 20.8 Å². The zero-order valence-electron chi connectivity index (χ0n) is 14.5. The van der Waals surface area contributed by atoms with E-state index in [1.54, 1.807) is 6.08 Å². The van der Waals surface area contributed by atoms with Gasteiger partial charge in [-0.05, 0) is 49.6 Å². The van der Waals surface area contributed by atoms with Gasteiger partial charge in [-0.2, -0.15) is 0 Å². The average molecular weight is 401 g/mol. The van der Waals surface area contributed by atoms with Crippen LogP contribution in [0.25, 0.3) is 6.08 Å². The van der Waals surface area contributed by atoms with E-state index in [1.807, 2.05) is 57.2 Å². The first-order valence-electron chi connectivity index (χ1n) is 7.95. The summed E-state index contributed by atoms with van der Waals surface area (Å²) < 4.78 is 0.905. The van der Waals surface area contributed by atoms with E-state index in [0.717, 1.165) is 32.4 Å². The third kappa shape index (κ3) is 5.57. The fourth-order valence-corrected chi connectivity index (χ4v) is 2.98. The minimum atomic E-state index is -0.316. The van der Waals surface area contributed by atoms with Crippen LogP contribution >= 0.6 is 15.9 Å². The molecule has 0 bridgehead atoms. The van der Waals surface area contributed by atoms with Gasteiger partial charge in [0.25, 0.3) is 0 Å². The van der Waals surface area contributed by atoms with Crippen molar-refractivity contribution in [1.29, 1.82) is 0 Å². The Morgan fingerprint density at radius 2 is 1.72 bits per heavy atom. The molecule has 2 rings (SSSR count). The van der Waals surface area contributed by atoms with Crippen LogP contribution < -0.4 is 10.6 Å². The zero-order valence-corrected chi connectivity index (χ0v) is 16.1. The van der Waals surface area contributed by atoms with E-state index in [2.05, 4.69) is 26.6 Å². The smallest absolute Gasteiger partial charge is 0.244 e. The maximum atomic E-state index is 12.1. The fourth-order valence-electron chi connectivity index (χ4n) is 2.56. The van der Waals surface area contributed by atoms with Gasteiger partial charge in [0.15, 0.2) is 0 Å². The number of amides is 2. The molecule has 0 aliphatic heterocycles. The summed E-state index contributed by atoms with van der Waals surface area (Å²) in [5.41, 5.74) is 4.86. The number of nitrogens with one attached hydrogen (secondary N) is 2. The molecule has 25 heavy (non-hydrogen) atoms. The van der Waals surface area contributed by atoms with E-state index in [4.69, 9.17) is 0 Å². The van der Waals surface area contributed by atoms with Crippen molar-refractivity contribution < 1.29 is 9.59 Å². The highest BCUT2D eigenvalue weighted by atomic mass is 79.9. The van der Waals surface area contributed by atoms with Crippen LogP contribution in [0.1, 0.15) is 22.3 Å². The number of carbonyl (C=O) groups excluding carboxylic acids is 2. The normalized spacial score (nSPS) is 10.7. The number of hydrogen-bond donors (Lipinski definition) is 2. The van der Waals surface area contributed by atoms with E-state index < -0.39 is 0 Å². The van der Waals surface area contributed by atoms with Crippen LogP contribution in [0.15, 0.2) is 46.9 Å². The summed E-state index contributed by atoms with van der Waals surface area (Å²) in [6.45, 7) is 5.85. The first-order chi connectivity index (χ1) is 11.9. The summed E-state index contributed by atoms with van der Waals surface area (Å²) in [6.07, 6.45) is 3.11. The first-order valence-corrected chi connectivity index (χ1v) is 8.74. The Morgan fingerprint density at radius 1 is 1.08 bits per heavy atom. The van der Waals surface area contributed by atoms with Crippen LogP contribution in [0.5, 0.6) is 0 Å². The van der Waals surface area contributed by atoms with Gasteiger partial charge in [0.2, 0.25) is 11.8 Å². The van der Waals surface area contributed by atoms with Crippen LogP contribution in [0.4, 0.5) is 5.69 Å². The first kappa shape index (κ1) is 18.9. The lowest BCUT2D eigenvalue weighted by atomic mass is 10.1. The van der Waals surface area contributed by atoms with E-state index in [0.29, 0.717) is 0 Å². The highest BCUT2D eigenvalue weighted by Crippen LogP contribution is 2.21. The minimum Gasteiger partial charge on any atom is -0.343 e. The Morgan fingerprint density at radius 3 is 2.36 bits per heavy atom. The molecule has 130 valence electrons. The van der Waals surface area contributed by atoms with E-state index >= 15 is 0 Å². The van der Waals surface area contributed by atoms with Gasteiger partial charge in [-0.3, -0.25) is 9.59 Å². The van der Waals surface area contributed by atoms with Gasteiger partial charge in [0.05, 0.1) is 6.54 Å². The van der Waals surface area contributed by atoms with E-state index in [9.17, 15) is 9.59 Å². The predicted molar refractivity (Wildman–Crippen MR) is 105 cm³/mol. The monoisotopic (exact) mass is 400 g/mol. The molecule has 2 aromatic carbocycles. The van der Waals surface area contributed by atoms with Crippen LogP contribution in [-0.4, -0.2) is 18.4 Å². The van der Waals surface area contributed by atoms with Crippen molar-refractivity contribution in [3.63, 3.8) is 0 Å². The molecule has 4 nitrogen and oxygen atoms in total. The number of carbonyl (C=O) groups is 2. The highest BCUT2D eigenvalue weighted by molar-refractivity contribution is 9.10. The third-order valence-electron chi connectivity index (χ3n) is 3.68. The number of hydrogen-bond acceptors (Lipinski definition) is 2. The molecular weight excluding hydrogens is 380 g/mol.